The molecule has 0 unspecified atom stereocenters. The highest BCUT2D eigenvalue weighted by molar-refractivity contribution is 5.78. The SMILES string of the molecule is COc1ccc(CC(=O)NCCCc2nc3ccccc3n2CCCOc2ccc(C)cc2C)cc1. The zero-order valence-electron chi connectivity index (χ0n) is 21.4. The Morgan fingerprint density at radius 2 is 1.81 bits per heavy atom. The summed E-state index contributed by atoms with van der Waals surface area (Å²) >= 11 is 0. The van der Waals surface area contributed by atoms with Crippen LogP contribution < -0.4 is 14.8 Å². The Hall–Kier alpha value is -3.80. The van der Waals surface area contributed by atoms with E-state index in [1.165, 1.54) is 5.56 Å². The van der Waals surface area contributed by atoms with Gasteiger partial charge in [-0.2, -0.15) is 0 Å². The molecule has 0 aliphatic heterocycles. The Bertz CT molecular complexity index is 1290. The van der Waals surface area contributed by atoms with Gasteiger partial charge in [0.15, 0.2) is 0 Å². The molecule has 1 N–H and O–H groups in total. The highest BCUT2D eigenvalue weighted by atomic mass is 16.5. The first-order chi connectivity index (χ1) is 17.5. The molecule has 3 aromatic carbocycles. The topological polar surface area (TPSA) is 65.4 Å². The standard InChI is InChI=1S/C30H35N3O3/c1-22-11-16-28(23(2)20-22)36-19-7-18-33-27-9-5-4-8-26(27)32-29(33)10-6-17-31-30(34)21-24-12-14-25(35-3)15-13-24/h4-5,8-9,11-16,20H,6-7,10,17-19,21H2,1-3H3,(H,31,34). The minimum Gasteiger partial charge on any atom is -0.497 e. The van der Waals surface area contributed by atoms with Gasteiger partial charge in [0, 0.05) is 19.5 Å². The second kappa shape index (κ2) is 12.2. The third-order valence-electron chi connectivity index (χ3n) is 6.27. The molecular formula is C30H35N3O3. The molecule has 0 saturated heterocycles. The highest BCUT2D eigenvalue weighted by Gasteiger charge is 2.11. The van der Waals surface area contributed by atoms with Crippen molar-refractivity contribution in [2.45, 2.75) is 46.1 Å². The van der Waals surface area contributed by atoms with Gasteiger partial charge in [0.05, 0.1) is 31.2 Å². The van der Waals surface area contributed by atoms with Gasteiger partial charge < -0.3 is 19.4 Å². The van der Waals surface area contributed by atoms with E-state index in [2.05, 4.69) is 54.1 Å². The Morgan fingerprint density at radius 3 is 2.58 bits per heavy atom. The van der Waals surface area contributed by atoms with Gasteiger partial charge in [-0.3, -0.25) is 4.79 Å². The average molecular weight is 486 g/mol. The molecule has 0 bridgehead atoms. The lowest BCUT2D eigenvalue weighted by molar-refractivity contribution is -0.120. The second-order valence-corrected chi connectivity index (χ2v) is 9.12. The summed E-state index contributed by atoms with van der Waals surface area (Å²) in [6.07, 6.45) is 2.88. The smallest absolute Gasteiger partial charge is 0.224 e. The molecule has 0 atom stereocenters. The maximum atomic E-state index is 12.3. The van der Waals surface area contributed by atoms with E-state index >= 15 is 0 Å². The molecule has 36 heavy (non-hydrogen) atoms. The van der Waals surface area contributed by atoms with Gasteiger partial charge in [0.1, 0.15) is 17.3 Å². The molecule has 4 rings (SSSR count). The van der Waals surface area contributed by atoms with Crippen molar-refractivity contribution in [1.29, 1.82) is 0 Å². The van der Waals surface area contributed by atoms with Crippen LogP contribution in [0.2, 0.25) is 0 Å². The predicted molar refractivity (Wildman–Crippen MR) is 144 cm³/mol. The van der Waals surface area contributed by atoms with E-state index in [1.54, 1.807) is 7.11 Å². The number of aromatic nitrogens is 2. The van der Waals surface area contributed by atoms with Crippen molar-refractivity contribution >= 4 is 16.9 Å². The summed E-state index contributed by atoms with van der Waals surface area (Å²) in [5.74, 6) is 2.81. The summed E-state index contributed by atoms with van der Waals surface area (Å²) in [5, 5.41) is 3.04. The lowest BCUT2D eigenvalue weighted by Gasteiger charge is -2.12. The number of hydrogen-bond donors (Lipinski definition) is 1. The van der Waals surface area contributed by atoms with E-state index in [9.17, 15) is 4.79 Å². The van der Waals surface area contributed by atoms with E-state index < -0.39 is 0 Å². The summed E-state index contributed by atoms with van der Waals surface area (Å²) < 4.78 is 13.5. The maximum absolute atomic E-state index is 12.3. The number of carbonyl (C=O) groups excluding carboxylic acids is 1. The van der Waals surface area contributed by atoms with Crippen molar-refractivity contribution < 1.29 is 14.3 Å². The largest absolute Gasteiger partial charge is 0.497 e. The van der Waals surface area contributed by atoms with Gasteiger partial charge >= 0.3 is 0 Å². The van der Waals surface area contributed by atoms with Crippen LogP contribution in [0.15, 0.2) is 66.7 Å². The summed E-state index contributed by atoms with van der Waals surface area (Å²) in [6, 6.07) is 22.1. The van der Waals surface area contributed by atoms with E-state index in [4.69, 9.17) is 14.5 Å². The maximum Gasteiger partial charge on any atom is 0.224 e. The molecule has 0 saturated carbocycles. The summed E-state index contributed by atoms with van der Waals surface area (Å²) in [6.45, 7) is 6.28. The van der Waals surface area contributed by atoms with Crippen LogP contribution in [0, 0.1) is 13.8 Å². The second-order valence-electron chi connectivity index (χ2n) is 9.12. The van der Waals surface area contributed by atoms with Crippen molar-refractivity contribution in [3.05, 3.63) is 89.2 Å². The Balaban J connectivity index is 1.28. The monoisotopic (exact) mass is 485 g/mol. The number of carbonyl (C=O) groups is 1. The highest BCUT2D eigenvalue weighted by Crippen LogP contribution is 2.20. The third-order valence-corrected chi connectivity index (χ3v) is 6.27. The predicted octanol–water partition coefficient (Wildman–Crippen LogP) is 5.42. The number of nitrogens with zero attached hydrogens (tertiary/aromatic N) is 2. The Morgan fingerprint density at radius 1 is 1.00 bits per heavy atom. The molecule has 188 valence electrons. The number of para-hydroxylation sites is 2. The number of amides is 1. The first-order valence-corrected chi connectivity index (χ1v) is 12.6. The number of benzene rings is 3. The van der Waals surface area contributed by atoms with Gasteiger partial charge in [-0.05, 0) is 68.1 Å². The fraction of sp³-hybridized carbons (Fsp3) is 0.333. The van der Waals surface area contributed by atoms with E-state index in [0.717, 1.165) is 65.3 Å². The van der Waals surface area contributed by atoms with Crippen LogP contribution >= 0.6 is 0 Å². The molecule has 4 aromatic rings. The van der Waals surface area contributed by atoms with Crippen LogP contribution in [0.5, 0.6) is 11.5 Å². The first-order valence-electron chi connectivity index (χ1n) is 12.6. The molecule has 1 amide bonds. The van der Waals surface area contributed by atoms with Gasteiger partial charge in [-0.15, -0.1) is 0 Å². The fourth-order valence-electron chi connectivity index (χ4n) is 4.40. The summed E-state index contributed by atoms with van der Waals surface area (Å²) in [4.78, 5) is 17.2. The van der Waals surface area contributed by atoms with Crippen molar-refractivity contribution in [3.8, 4) is 11.5 Å². The number of fused-ring (bicyclic) bond motifs is 1. The number of methoxy groups -OCH3 is 1. The van der Waals surface area contributed by atoms with Crippen molar-refractivity contribution in [2.75, 3.05) is 20.3 Å². The molecule has 0 radical (unpaired) electrons. The molecule has 0 aliphatic rings. The number of aryl methyl sites for hydroxylation is 4. The quantitative estimate of drug-likeness (QED) is 0.272. The van der Waals surface area contributed by atoms with Crippen LogP contribution in [-0.2, 0) is 24.2 Å². The van der Waals surface area contributed by atoms with Crippen LogP contribution in [0.25, 0.3) is 11.0 Å². The number of imidazole rings is 1. The van der Waals surface area contributed by atoms with Gasteiger partial charge in [0.2, 0.25) is 5.91 Å². The van der Waals surface area contributed by atoms with E-state index in [0.29, 0.717) is 19.6 Å². The normalized spacial score (nSPS) is 11.0. The zero-order valence-corrected chi connectivity index (χ0v) is 21.4. The van der Waals surface area contributed by atoms with Crippen molar-refractivity contribution in [2.24, 2.45) is 0 Å². The minimum absolute atomic E-state index is 0.0252. The number of nitrogens with one attached hydrogen (secondary N) is 1. The lowest BCUT2D eigenvalue weighted by Crippen LogP contribution is -2.26. The van der Waals surface area contributed by atoms with Crippen LogP contribution in [0.1, 0.15) is 35.4 Å². The fourth-order valence-corrected chi connectivity index (χ4v) is 4.40. The molecule has 0 spiro atoms. The zero-order chi connectivity index (χ0) is 25.3. The Labute approximate surface area is 213 Å². The van der Waals surface area contributed by atoms with Gasteiger partial charge in [0.25, 0.3) is 0 Å². The van der Waals surface area contributed by atoms with E-state index in [1.807, 2.05) is 36.4 Å². The average Bonchev–Trinajstić information content (AvgIpc) is 3.23. The Kier molecular flexibility index (Phi) is 8.61. The van der Waals surface area contributed by atoms with Crippen molar-refractivity contribution in [3.63, 3.8) is 0 Å². The van der Waals surface area contributed by atoms with Gasteiger partial charge in [-0.25, -0.2) is 4.98 Å². The molecule has 1 heterocycles. The molecule has 6 nitrogen and oxygen atoms in total. The molecule has 0 aliphatic carbocycles. The summed E-state index contributed by atoms with van der Waals surface area (Å²) in [5.41, 5.74) is 5.52. The molecule has 1 aromatic heterocycles. The number of ether oxygens (including phenoxy) is 2. The molecule has 6 heteroatoms. The first kappa shape index (κ1) is 25.3. The number of hydrogen-bond acceptors (Lipinski definition) is 4. The summed E-state index contributed by atoms with van der Waals surface area (Å²) in [7, 11) is 1.63. The van der Waals surface area contributed by atoms with Gasteiger partial charge in [-0.1, -0.05) is 42.0 Å². The van der Waals surface area contributed by atoms with Crippen molar-refractivity contribution in [1.82, 2.24) is 14.9 Å². The van der Waals surface area contributed by atoms with Crippen LogP contribution in [-0.4, -0.2) is 35.7 Å². The number of rotatable bonds is 12. The lowest BCUT2D eigenvalue weighted by atomic mass is 10.1. The molecular weight excluding hydrogens is 450 g/mol. The minimum atomic E-state index is 0.0252. The third kappa shape index (κ3) is 6.66. The van der Waals surface area contributed by atoms with E-state index in [-0.39, 0.29) is 5.91 Å². The van der Waals surface area contributed by atoms with Crippen LogP contribution in [0.4, 0.5) is 0 Å². The van der Waals surface area contributed by atoms with Crippen LogP contribution in [0.3, 0.4) is 0 Å². The molecule has 0 fully saturated rings.